The number of benzene rings is 1. The first kappa shape index (κ1) is 18.5. The third kappa shape index (κ3) is 3.12. The average Bonchev–Trinajstić information content (AvgIpc) is 2.73. The number of aromatic nitrogens is 2. The summed E-state index contributed by atoms with van der Waals surface area (Å²) in [6.07, 6.45) is 4.82. The van der Waals surface area contributed by atoms with E-state index >= 15 is 0 Å². The van der Waals surface area contributed by atoms with Gasteiger partial charge in [-0.05, 0) is 37.3 Å². The smallest absolute Gasteiger partial charge is 0.242 e. The zero-order valence-corrected chi connectivity index (χ0v) is 16.1. The molecule has 2 unspecified atom stereocenters. The van der Waals surface area contributed by atoms with Crippen molar-refractivity contribution < 1.29 is 19.1 Å². The maximum atomic E-state index is 13.3. The van der Waals surface area contributed by atoms with Crippen LogP contribution in [0.25, 0.3) is 10.9 Å². The number of hydrogen-bond donors (Lipinski definition) is 1. The number of carbonyl (C=O) groups is 2. The van der Waals surface area contributed by atoms with E-state index in [-0.39, 0.29) is 23.8 Å². The molecule has 4 rings (SSSR count). The van der Waals surface area contributed by atoms with Gasteiger partial charge in [0.1, 0.15) is 6.04 Å². The molecule has 2 amide bonds. The number of piperidine rings is 2. The third-order valence-electron chi connectivity index (χ3n) is 5.66. The monoisotopic (exact) mass is 384 g/mol. The maximum absolute atomic E-state index is 13.3. The van der Waals surface area contributed by atoms with E-state index in [1.54, 1.807) is 31.4 Å². The summed E-state index contributed by atoms with van der Waals surface area (Å²) in [7, 11) is 3.14. The molecule has 2 fully saturated rings. The van der Waals surface area contributed by atoms with E-state index in [1.165, 1.54) is 0 Å². The van der Waals surface area contributed by atoms with Gasteiger partial charge < -0.3 is 19.7 Å². The Morgan fingerprint density at radius 1 is 1.11 bits per heavy atom. The zero-order valence-electron chi connectivity index (χ0n) is 16.1. The van der Waals surface area contributed by atoms with Gasteiger partial charge >= 0.3 is 0 Å². The summed E-state index contributed by atoms with van der Waals surface area (Å²) in [5.41, 5.74) is 1.47. The Balaban J connectivity index is 1.72. The Morgan fingerprint density at radius 3 is 2.64 bits per heavy atom. The van der Waals surface area contributed by atoms with Crippen LogP contribution >= 0.6 is 0 Å². The maximum Gasteiger partial charge on any atom is 0.242 e. The minimum absolute atomic E-state index is 0.0163. The fraction of sp³-hybridized carbons (Fsp3) is 0.500. The Morgan fingerprint density at radius 2 is 1.89 bits per heavy atom. The molecule has 1 N–H and O–H groups in total. The summed E-state index contributed by atoms with van der Waals surface area (Å²) in [4.78, 5) is 27.4. The highest BCUT2D eigenvalue weighted by Gasteiger charge is 2.38. The fourth-order valence-corrected chi connectivity index (χ4v) is 4.23. The van der Waals surface area contributed by atoms with Gasteiger partial charge in [-0.25, -0.2) is 0 Å². The number of nitrogens with one attached hydrogen (secondary N) is 1. The van der Waals surface area contributed by atoms with Crippen molar-refractivity contribution in [3.63, 3.8) is 0 Å². The van der Waals surface area contributed by atoms with E-state index in [1.807, 2.05) is 6.07 Å². The van der Waals surface area contributed by atoms with Gasteiger partial charge in [0.05, 0.1) is 31.9 Å². The van der Waals surface area contributed by atoms with Gasteiger partial charge in [0, 0.05) is 24.5 Å². The van der Waals surface area contributed by atoms with E-state index in [0.717, 1.165) is 30.2 Å². The molecule has 1 aromatic heterocycles. The SMILES string of the molecule is COc1cc2nncc(C3CCCN(C4CCCNC4=O)C3=O)c2cc1OC. The lowest BCUT2D eigenvalue weighted by Crippen LogP contribution is -2.55. The first-order chi connectivity index (χ1) is 13.6. The minimum Gasteiger partial charge on any atom is -0.493 e. The second-order valence-electron chi connectivity index (χ2n) is 7.20. The number of nitrogens with zero attached hydrogens (tertiary/aromatic N) is 3. The lowest BCUT2D eigenvalue weighted by molar-refractivity contribution is -0.145. The Kier molecular flexibility index (Phi) is 5.02. The zero-order chi connectivity index (χ0) is 19.7. The second-order valence-corrected chi connectivity index (χ2v) is 7.20. The number of likely N-dealkylation sites (tertiary alicyclic amines) is 1. The van der Waals surface area contributed by atoms with Gasteiger partial charge in [-0.15, -0.1) is 0 Å². The van der Waals surface area contributed by atoms with Crippen LogP contribution in [-0.4, -0.2) is 60.3 Å². The molecule has 2 aliphatic rings. The molecular weight excluding hydrogens is 360 g/mol. The highest BCUT2D eigenvalue weighted by Crippen LogP contribution is 2.37. The van der Waals surface area contributed by atoms with E-state index < -0.39 is 0 Å². The van der Waals surface area contributed by atoms with Gasteiger partial charge in [0.15, 0.2) is 11.5 Å². The van der Waals surface area contributed by atoms with Crippen molar-refractivity contribution in [2.75, 3.05) is 27.3 Å². The molecule has 2 atom stereocenters. The number of methoxy groups -OCH3 is 2. The van der Waals surface area contributed by atoms with Gasteiger partial charge in [0.2, 0.25) is 11.8 Å². The van der Waals surface area contributed by atoms with Crippen molar-refractivity contribution in [2.45, 2.75) is 37.6 Å². The summed E-state index contributed by atoms with van der Waals surface area (Å²) < 4.78 is 10.8. The van der Waals surface area contributed by atoms with E-state index in [2.05, 4.69) is 15.5 Å². The predicted molar refractivity (Wildman–Crippen MR) is 102 cm³/mol. The van der Waals surface area contributed by atoms with Crippen LogP contribution in [0.1, 0.15) is 37.2 Å². The van der Waals surface area contributed by atoms with Crippen LogP contribution in [0.3, 0.4) is 0 Å². The molecule has 0 spiro atoms. The highest BCUT2D eigenvalue weighted by molar-refractivity contribution is 5.95. The van der Waals surface area contributed by atoms with Crippen LogP contribution in [-0.2, 0) is 9.59 Å². The van der Waals surface area contributed by atoms with Crippen LogP contribution in [0.4, 0.5) is 0 Å². The Labute approximate surface area is 163 Å². The average molecular weight is 384 g/mol. The number of hydrogen-bond acceptors (Lipinski definition) is 6. The number of carbonyl (C=O) groups excluding carboxylic acids is 2. The molecule has 0 saturated carbocycles. The number of fused-ring (bicyclic) bond motifs is 1. The molecular formula is C20H24N4O4. The van der Waals surface area contributed by atoms with Crippen molar-refractivity contribution in [2.24, 2.45) is 0 Å². The second kappa shape index (κ2) is 7.61. The van der Waals surface area contributed by atoms with Gasteiger partial charge in [-0.2, -0.15) is 10.2 Å². The molecule has 3 heterocycles. The lowest BCUT2D eigenvalue weighted by Gasteiger charge is -2.39. The van der Waals surface area contributed by atoms with Crippen molar-refractivity contribution in [3.05, 3.63) is 23.9 Å². The molecule has 2 saturated heterocycles. The highest BCUT2D eigenvalue weighted by atomic mass is 16.5. The Hall–Kier alpha value is -2.90. The van der Waals surface area contributed by atoms with Crippen LogP contribution in [0, 0.1) is 0 Å². The number of rotatable bonds is 4. The third-order valence-corrected chi connectivity index (χ3v) is 5.66. The lowest BCUT2D eigenvalue weighted by atomic mass is 9.87. The molecule has 2 aromatic rings. The van der Waals surface area contributed by atoms with Crippen LogP contribution < -0.4 is 14.8 Å². The molecule has 8 nitrogen and oxygen atoms in total. The first-order valence-corrected chi connectivity index (χ1v) is 9.59. The van der Waals surface area contributed by atoms with Gasteiger partial charge in [-0.1, -0.05) is 0 Å². The van der Waals surface area contributed by atoms with E-state index in [0.29, 0.717) is 36.5 Å². The summed E-state index contributed by atoms with van der Waals surface area (Å²) in [6, 6.07) is 3.24. The van der Waals surface area contributed by atoms with Crippen molar-refractivity contribution in [1.82, 2.24) is 20.4 Å². The van der Waals surface area contributed by atoms with Crippen molar-refractivity contribution in [1.29, 1.82) is 0 Å². The fourth-order valence-electron chi connectivity index (χ4n) is 4.23. The molecule has 1 aromatic carbocycles. The molecule has 0 radical (unpaired) electrons. The predicted octanol–water partition coefficient (Wildman–Crippen LogP) is 1.63. The van der Waals surface area contributed by atoms with Crippen LogP contribution in [0.2, 0.25) is 0 Å². The molecule has 148 valence electrons. The number of ether oxygens (including phenoxy) is 2. The quantitative estimate of drug-likeness (QED) is 0.861. The van der Waals surface area contributed by atoms with Crippen LogP contribution in [0.15, 0.2) is 18.3 Å². The number of amides is 2. The summed E-state index contributed by atoms with van der Waals surface area (Å²) in [6.45, 7) is 1.29. The Bertz CT molecular complexity index is 916. The van der Waals surface area contributed by atoms with Crippen LogP contribution in [0.5, 0.6) is 11.5 Å². The van der Waals surface area contributed by atoms with E-state index in [9.17, 15) is 9.59 Å². The summed E-state index contributed by atoms with van der Waals surface area (Å²) in [5.74, 6) is 0.731. The first-order valence-electron chi connectivity index (χ1n) is 9.59. The van der Waals surface area contributed by atoms with Gasteiger partial charge in [-0.3, -0.25) is 9.59 Å². The largest absolute Gasteiger partial charge is 0.493 e. The standard InChI is InChI=1S/C20H24N4O4/c1-27-17-9-13-14(11-22-23-15(13)10-18(17)28-2)12-5-4-8-24(20(12)26)16-6-3-7-21-19(16)25/h9-12,16H,3-8H2,1-2H3,(H,21,25). The van der Waals surface area contributed by atoms with Crippen molar-refractivity contribution >= 4 is 22.7 Å². The molecule has 0 bridgehead atoms. The van der Waals surface area contributed by atoms with E-state index in [4.69, 9.17) is 9.47 Å². The summed E-state index contributed by atoms with van der Waals surface area (Å²) >= 11 is 0. The van der Waals surface area contributed by atoms with Crippen molar-refractivity contribution in [3.8, 4) is 11.5 Å². The summed E-state index contributed by atoms with van der Waals surface area (Å²) in [5, 5.41) is 12.0. The molecule has 2 aliphatic heterocycles. The molecule has 0 aliphatic carbocycles. The molecule has 28 heavy (non-hydrogen) atoms. The normalized spacial score (nSPS) is 22.9. The molecule has 8 heteroatoms. The minimum atomic E-state index is -0.375. The topological polar surface area (TPSA) is 93.7 Å². The van der Waals surface area contributed by atoms with Gasteiger partial charge in [0.25, 0.3) is 0 Å².